The largest absolute Gasteiger partial charge is 0.333 e. The van der Waals surface area contributed by atoms with Crippen molar-refractivity contribution in [3.63, 3.8) is 0 Å². The molecule has 0 bridgehead atoms. The summed E-state index contributed by atoms with van der Waals surface area (Å²) in [6, 6.07) is 53.7. The van der Waals surface area contributed by atoms with Crippen molar-refractivity contribution < 1.29 is 0 Å². The van der Waals surface area contributed by atoms with Crippen LogP contribution in [0.2, 0.25) is 0 Å². The van der Waals surface area contributed by atoms with Crippen LogP contribution in [0.3, 0.4) is 0 Å². The van der Waals surface area contributed by atoms with Crippen LogP contribution in [0.5, 0.6) is 0 Å². The van der Waals surface area contributed by atoms with Crippen molar-refractivity contribution in [2.24, 2.45) is 0 Å². The summed E-state index contributed by atoms with van der Waals surface area (Å²) in [5, 5.41) is 2.58. The van der Waals surface area contributed by atoms with Crippen LogP contribution in [0.25, 0.3) is 49.8 Å². The van der Waals surface area contributed by atoms with E-state index in [4.69, 9.17) is 0 Å². The van der Waals surface area contributed by atoms with E-state index in [2.05, 4.69) is 190 Å². The van der Waals surface area contributed by atoms with Crippen molar-refractivity contribution in [2.45, 2.75) is 24.9 Å². The highest BCUT2D eigenvalue weighted by Crippen LogP contribution is 2.54. The predicted molar refractivity (Wildman–Crippen MR) is 214 cm³/mol. The van der Waals surface area contributed by atoms with Gasteiger partial charge in [-0.3, -0.25) is 0 Å². The second-order valence-electron chi connectivity index (χ2n) is 14.0. The van der Waals surface area contributed by atoms with Gasteiger partial charge in [-0.2, -0.15) is 0 Å². The lowest BCUT2D eigenvalue weighted by Gasteiger charge is -2.34. The molecule has 51 heavy (non-hydrogen) atoms. The minimum Gasteiger partial charge on any atom is -0.333 e. The van der Waals surface area contributed by atoms with Crippen LogP contribution < -0.4 is 9.80 Å². The van der Waals surface area contributed by atoms with Crippen molar-refractivity contribution in [1.82, 2.24) is 4.57 Å². The number of hydrogen-bond donors (Lipinski definition) is 0. The molecule has 2 unspecified atom stereocenters. The van der Waals surface area contributed by atoms with E-state index < -0.39 is 0 Å². The number of rotatable bonds is 4. The average molecular weight is 654 g/mol. The zero-order valence-electron chi connectivity index (χ0n) is 28.2. The molecule has 11 rings (SSSR count). The molecule has 6 aromatic carbocycles. The van der Waals surface area contributed by atoms with Crippen molar-refractivity contribution in [2.75, 3.05) is 9.80 Å². The third kappa shape index (κ3) is 4.18. The molecule has 2 aliphatic heterocycles. The highest BCUT2D eigenvalue weighted by molar-refractivity contribution is 6.17. The summed E-state index contributed by atoms with van der Waals surface area (Å²) in [5.74, 6) is 0. The van der Waals surface area contributed by atoms with Crippen LogP contribution in [-0.4, -0.2) is 16.7 Å². The lowest BCUT2D eigenvalue weighted by molar-refractivity contribution is 0.776. The van der Waals surface area contributed by atoms with Gasteiger partial charge >= 0.3 is 0 Å². The summed E-state index contributed by atoms with van der Waals surface area (Å²) in [6.45, 7) is 0. The molecule has 3 nitrogen and oxygen atoms in total. The van der Waals surface area contributed by atoms with Gasteiger partial charge in [0.25, 0.3) is 0 Å². The fourth-order valence-corrected chi connectivity index (χ4v) is 9.18. The number of fused-ring (bicyclic) bond motifs is 10. The molecule has 0 fully saturated rings. The van der Waals surface area contributed by atoms with Gasteiger partial charge in [0.1, 0.15) is 0 Å². The lowest BCUT2D eigenvalue weighted by atomic mass is 9.92. The van der Waals surface area contributed by atoms with Crippen LogP contribution in [0.15, 0.2) is 182 Å². The Morgan fingerprint density at radius 2 is 1.27 bits per heavy atom. The first-order valence-electron chi connectivity index (χ1n) is 18.1. The van der Waals surface area contributed by atoms with E-state index in [-0.39, 0.29) is 12.1 Å². The number of nitrogens with zero attached hydrogens (tertiary/aromatic N) is 3. The molecule has 0 amide bonds. The first-order valence-corrected chi connectivity index (χ1v) is 18.1. The summed E-state index contributed by atoms with van der Waals surface area (Å²) in [4.78, 5) is 5.24. The Balaban J connectivity index is 1.09. The summed E-state index contributed by atoms with van der Waals surface area (Å²) < 4.78 is 2.49. The van der Waals surface area contributed by atoms with Crippen LogP contribution in [0.1, 0.15) is 24.0 Å². The zero-order valence-corrected chi connectivity index (χ0v) is 28.2. The van der Waals surface area contributed by atoms with E-state index in [1.165, 1.54) is 83.7 Å². The van der Waals surface area contributed by atoms with Crippen molar-refractivity contribution in [1.29, 1.82) is 0 Å². The molecule has 0 N–H and O–H groups in total. The molecule has 2 aliphatic carbocycles. The Hall–Kier alpha value is -6.32. The number of para-hydroxylation sites is 3. The molecule has 0 radical (unpaired) electrons. The number of hydrogen-bond acceptors (Lipinski definition) is 2. The molecule has 7 aromatic rings. The molecular formula is C48H35N3. The topological polar surface area (TPSA) is 11.4 Å². The standard InChI is InChI=1S/C48H35N3/c1-3-14-32(15-4-1)33-16-13-19-35(30-33)49-43-23-10-9-22-39(43)42-31-36(26-29-46(42)49)51-45-25-12-8-21-38(45)41-28-27-40-37-20-7-11-24-44(37)50(47(40)48(41)51)34-17-5-2-6-18-34/h1-24,26-28,30-31,45-46H,25,29H2. The maximum absolute atomic E-state index is 2.68. The van der Waals surface area contributed by atoms with Gasteiger partial charge in [0.15, 0.2) is 0 Å². The third-order valence-corrected chi connectivity index (χ3v) is 11.3. The third-order valence-electron chi connectivity index (χ3n) is 11.3. The summed E-state index contributed by atoms with van der Waals surface area (Å²) >= 11 is 0. The van der Waals surface area contributed by atoms with E-state index in [0.717, 1.165) is 12.8 Å². The SMILES string of the molecule is C1=CCC2C(=C1)c1ccc3c4ccccc4n(-c4ccccc4)c3c1N2C1=CCC2C(=C1)c1ccccc1N2c1cccc(-c2ccccc2)c1. The van der Waals surface area contributed by atoms with Crippen LogP contribution in [0, 0.1) is 0 Å². The maximum Gasteiger partial charge on any atom is 0.0785 e. The van der Waals surface area contributed by atoms with Gasteiger partial charge in [-0.05, 0) is 77.6 Å². The smallest absolute Gasteiger partial charge is 0.0785 e. The number of benzene rings is 6. The number of allylic oxidation sites excluding steroid dienone is 3. The predicted octanol–water partition coefficient (Wildman–Crippen LogP) is 11.9. The fourth-order valence-electron chi connectivity index (χ4n) is 9.18. The fraction of sp³-hybridized carbons (Fsp3) is 0.0833. The second kappa shape index (κ2) is 11.1. The van der Waals surface area contributed by atoms with Crippen LogP contribution >= 0.6 is 0 Å². The Morgan fingerprint density at radius 3 is 2.18 bits per heavy atom. The highest BCUT2D eigenvalue weighted by Gasteiger charge is 2.41. The van der Waals surface area contributed by atoms with E-state index in [0.29, 0.717) is 0 Å². The Kier molecular flexibility index (Phi) is 6.20. The second-order valence-corrected chi connectivity index (χ2v) is 14.0. The van der Waals surface area contributed by atoms with Gasteiger partial charge in [0, 0.05) is 44.7 Å². The van der Waals surface area contributed by atoms with Crippen LogP contribution in [0.4, 0.5) is 17.1 Å². The molecule has 0 saturated carbocycles. The summed E-state index contributed by atoms with van der Waals surface area (Å²) in [7, 11) is 0. The van der Waals surface area contributed by atoms with E-state index >= 15 is 0 Å². The van der Waals surface area contributed by atoms with Crippen molar-refractivity contribution in [3.8, 4) is 16.8 Å². The molecule has 3 heteroatoms. The van der Waals surface area contributed by atoms with E-state index in [1.54, 1.807) is 0 Å². The van der Waals surface area contributed by atoms with E-state index in [1.807, 2.05) is 0 Å². The Bertz CT molecular complexity index is 2650. The number of aromatic nitrogens is 1. The zero-order chi connectivity index (χ0) is 33.5. The summed E-state index contributed by atoms with van der Waals surface area (Å²) in [6.07, 6.45) is 13.8. The number of anilines is 3. The monoisotopic (exact) mass is 653 g/mol. The normalized spacial score (nSPS) is 18.6. The Morgan fingerprint density at radius 1 is 0.529 bits per heavy atom. The first-order chi connectivity index (χ1) is 25.3. The molecule has 242 valence electrons. The Labute approximate surface area is 298 Å². The van der Waals surface area contributed by atoms with Crippen molar-refractivity contribution in [3.05, 3.63) is 193 Å². The summed E-state index contributed by atoms with van der Waals surface area (Å²) in [5.41, 5.74) is 16.8. The molecule has 0 spiro atoms. The molecule has 0 saturated heterocycles. The molecule has 4 aliphatic rings. The average Bonchev–Trinajstić information content (AvgIpc) is 3.84. The molecule has 1 aromatic heterocycles. The highest BCUT2D eigenvalue weighted by atomic mass is 15.2. The van der Waals surface area contributed by atoms with Gasteiger partial charge < -0.3 is 14.4 Å². The lowest BCUT2D eigenvalue weighted by Crippen LogP contribution is -2.34. The van der Waals surface area contributed by atoms with Gasteiger partial charge in [0.2, 0.25) is 0 Å². The quantitative estimate of drug-likeness (QED) is 0.187. The van der Waals surface area contributed by atoms with Gasteiger partial charge in [-0.1, -0.05) is 133 Å². The van der Waals surface area contributed by atoms with Gasteiger partial charge in [0.05, 0.1) is 28.8 Å². The van der Waals surface area contributed by atoms with Gasteiger partial charge in [-0.15, -0.1) is 0 Å². The van der Waals surface area contributed by atoms with Gasteiger partial charge in [-0.25, -0.2) is 0 Å². The molecular weight excluding hydrogens is 619 g/mol. The maximum atomic E-state index is 2.68. The minimum absolute atomic E-state index is 0.229. The minimum atomic E-state index is 0.229. The van der Waals surface area contributed by atoms with E-state index in [9.17, 15) is 0 Å². The first kappa shape index (κ1) is 28.5. The van der Waals surface area contributed by atoms with Crippen molar-refractivity contribution >= 4 is 50.0 Å². The molecule has 2 atom stereocenters. The van der Waals surface area contributed by atoms with Crippen LogP contribution in [-0.2, 0) is 0 Å². The molecule has 3 heterocycles.